The standard InChI is InChI=1S/C17H32N4S/c1-18-17(19-13-15-6-11-22-12-7-15)21-10-5-16(14-21)20-8-3-2-4-9-20/h15-16H,2-14H2,1H3,(H,18,19). The third-order valence-electron chi connectivity index (χ3n) is 5.47. The molecule has 3 aliphatic rings. The number of hydrogen-bond donors (Lipinski definition) is 1. The summed E-state index contributed by atoms with van der Waals surface area (Å²) in [6.07, 6.45) is 8.25. The fourth-order valence-corrected chi connectivity index (χ4v) is 5.24. The van der Waals surface area contributed by atoms with E-state index in [1.165, 1.54) is 76.2 Å². The molecule has 3 fully saturated rings. The van der Waals surface area contributed by atoms with Crippen LogP contribution < -0.4 is 5.32 Å². The third-order valence-corrected chi connectivity index (χ3v) is 6.52. The Morgan fingerprint density at radius 1 is 1.09 bits per heavy atom. The van der Waals surface area contributed by atoms with E-state index >= 15 is 0 Å². The molecule has 5 heteroatoms. The summed E-state index contributed by atoms with van der Waals surface area (Å²) in [7, 11) is 1.94. The molecule has 3 aliphatic heterocycles. The van der Waals surface area contributed by atoms with Gasteiger partial charge in [-0.2, -0.15) is 11.8 Å². The Hall–Kier alpha value is -0.420. The number of guanidine groups is 1. The molecular formula is C17H32N4S. The van der Waals surface area contributed by atoms with Crippen molar-refractivity contribution in [1.82, 2.24) is 15.1 Å². The molecule has 1 N–H and O–H groups in total. The molecule has 0 aromatic heterocycles. The Bertz CT molecular complexity index is 362. The molecule has 4 nitrogen and oxygen atoms in total. The smallest absolute Gasteiger partial charge is 0.193 e. The summed E-state index contributed by atoms with van der Waals surface area (Å²) in [6, 6.07) is 0.755. The largest absolute Gasteiger partial charge is 0.356 e. The number of nitrogens with zero attached hydrogens (tertiary/aromatic N) is 3. The highest BCUT2D eigenvalue weighted by molar-refractivity contribution is 7.99. The van der Waals surface area contributed by atoms with Gasteiger partial charge in [0.1, 0.15) is 0 Å². The van der Waals surface area contributed by atoms with Crippen molar-refractivity contribution in [2.45, 2.75) is 44.6 Å². The summed E-state index contributed by atoms with van der Waals surface area (Å²) >= 11 is 2.11. The van der Waals surface area contributed by atoms with Gasteiger partial charge >= 0.3 is 0 Å². The molecule has 1 unspecified atom stereocenters. The zero-order valence-electron chi connectivity index (χ0n) is 14.1. The summed E-state index contributed by atoms with van der Waals surface area (Å²) in [6.45, 7) is 6.06. The number of rotatable bonds is 3. The Morgan fingerprint density at radius 2 is 1.86 bits per heavy atom. The summed E-state index contributed by atoms with van der Waals surface area (Å²) in [5.74, 6) is 4.66. The molecule has 3 rings (SSSR count). The minimum absolute atomic E-state index is 0.755. The Balaban J connectivity index is 1.45. The highest BCUT2D eigenvalue weighted by atomic mass is 32.2. The van der Waals surface area contributed by atoms with Crippen molar-refractivity contribution in [3.8, 4) is 0 Å². The number of nitrogens with one attached hydrogen (secondary N) is 1. The summed E-state index contributed by atoms with van der Waals surface area (Å²) in [5.41, 5.74) is 0. The fourth-order valence-electron chi connectivity index (χ4n) is 4.03. The van der Waals surface area contributed by atoms with Gasteiger partial charge < -0.3 is 10.2 Å². The van der Waals surface area contributed by atoms with Crippen LogP contribution in [0.2, 0.25) is 0 Å². The van der Waals surface area contributed by atoms with Crippen LogP contribution in [-0.2, 0) is 0 Å². The predicted molar refractivity (Wildman–Crippen MR) is 96.8 cm³/mol. The first kappa shape index (κ1) is 16.4. The van der Waals surface area contributed by atoms with Crippen molar-refractivity contribution >= 4 is 17.7 Å². The maximum absolute atomic E-state index is 4.54. The minimum atomic E-state index is 0.755. The molecule has 22 heavy (non-hydrogen) atoms. The lowest BCUT2D eigenvalue weighted by molar-refractivity contribution is 0.168. The van der Waals surface area contributed by atoms with Gasteiger partial charge in [0.15, 0.2) is 5.96 Å². The van der Waals surface area contributed by atoms with E-state index in [0.29, 0.717) is 0 Å². The SMILES string of the molecule is CN=C(NCC1CCSCC1)N1CCC(N2CCCCC2)C1. The third kappa shape index (κ3) is 4.31. The van der Waals surface area contributed by atoms with E-state index in [0.717, 1.165) is 24.5 Å². The lowest BCUT2D eigenvalue weighted by Crippen LogP contribution is -2.45. The molecule has 1 atom stereocenters. The molecule has 0 aliphatic carbocycles. The Kier molecular flexibility index (Phi) is 6.30. The van der Waals surface area contributed by atoms with Crippen molar-refractivity contribution in [2.24, 2.45) is 10.9 Å². The van der Waals surface area contributed by atoms with Crippen LogP contribution in [0.15, 0.2) is 4.99 Å². The van der Waals surface area contributed by atoms with Crippen LogP contribution in [-0.4, -0.2) is 73.1 Å². The van der Waals surface area contributed by atoms with Gasteiger partial charge in [-0.15, -0.1) is 0 Å². The van der Waals surface area contributed by atoms with E-state index in [-0.39, 0.29) is 0 Å². The van der Waals surface area contributed by atoms with E-state index in [2.05, 4.69) is 31.9 Å². The maximum atomic E-state index is 4.54. The highest BCUT2D eigenvalue weighted by Crippen LogP contribution is 2.23. The topological polar surface area (TPSA) is 30.9 Å². The van der Waals surface area contributed by atoms with Gasteiger partial charge in [0.05, 0.1) is 0 Å². The first-order valence-electron chi connectivity index (χ1n) is 9.14. The summed E-state index contributed by atoms with van der Waals surface area (Å²) in [4.78, 5) is 9.74. The molecule has 0 aromatic carbocycles. The number of likely N-dealkylation sites (tertiary alicyclic amines) is 2. The Morgan fingerprint density at radius 3 is 2.59 bits per heavy atom. The number of piperidine rings is 1. The predicted octanol–water partition coefficient (Wildman–Crippen LogP) is 2.27. The van der Waals surface area contributed by atoms with Crippen molar-refractivity contribution in [2.75, 3.05) is 51.3 Å². The van der Waals surface area contributed by atoms with Crippen molar-refractivity contribution in [3.05, 3.63) is 0 Å². The second-order valence-electron chi connectivity index (χ2n) is 6.97. The van der Waals surface area contributed by atoms with Gasteiger partial charge in [0.2, 0.25) is 0 Å². The van der Waals surface area contributed by atoms with Gasteiger partial charge in [0, 0.05) is 32.7 Å². The first-order chi connectivity index (χ1) is 10.9. The van der Waals surface area contributed by atoms with E-state index in [9.17, 15) is 0 Å². The molecule has 0 radical (unpaired) electrons. The zero-order valence-corrected chi connectivity index (χ0v) is 14.9. The second-order valence-corrected chi connectivity index (χ2v) is 8.19. The second kappa shape index (κ2) is 8.44. The molecule has 126 valence electrons. The molecule has 3 heterocycles. The number of aliphatic imine (C=N–C) groups is 1. The monoisotopic (exact) mass is 324 g/mol. The first-order valence-corrected chi connectivity index (χ1v) is 10.3. The zero-order chi connectivity index (χ0) is 15.2. The molecule has 0 saturated carbocycles. The van der Waals surface area contributed by atoms with Crippen LogP contribution >= 0.6 is 11.8 Å². The van der Waals surface area contributed by atoms with Crippen LogP contribution in [0.5, 0.6) is 0 Å². The van der Waals surface area contributed by atoms with Gasteiger partial charge in [-0.25, -0.2) is 0 Å². The molecule has 3 saturated heterocycles. The lowest BCUT2D eigenvalue weighted by atomic mass is 10.0. The van der Waals surface area contributed by atoms with Crippen LogP contribution in [0.3, 0.4) is 0 Å². The molecule has 0 spiro atoms. The van der Waals surface area contributed by atoms with Crippen LogP contribution in [0.4, 0.5) is 0 Å². The maximum Gasteiger partial charge on any atom is 0.193 e. The quantitative estimate of drug-likeness (QED) is 0.637. The average Bonchev–Trinajstić information content (AvgIpc) is 3.07. The number of thioether (sulfide) groups is 1. The number of hydrogen-bond acceptors (Lipinski definition) is 3. The van der Waals surface area contributed by atoms with E-state index < -0.39 is 0 Å². The summed E-state index contributed by atoms with van der Waals surface area (Å²) in [5, 5.41) is 3.65. The highest BCUT2D eigenvalue weighted by Gasteiger charge is 2.30. The van der Waals surface area contributed by atoms with Crippen molar-refractivity contribution < 1.29 is 0 Å². The van der Waals surface area contributed by atoms with Crippen LogP contribution in [0.1, 0.15) is 38.5 Å². The van der Waals surface area contributed by atoms with Gasteiger partial charge in [0.25, 0.3) is 0 Å². The summed E-state index contributed by atoms with van der Waals surface area (Å²) < 4.78 is 0. The van der Waals surface area contributed by atoms with E-state index in [1.54, 1.807) is 0 Å². The van der Waals surface area contributed by atoms with E-state index in [4.69, 9.17) is 0 Å². The fraction of sp³-hybridized carbons (Fsp3) is 0.941. The van der Waals surface area contributed by atoms with Gasteiger partial charge in [-0.3, -0.25) is 9.89 Å². The van der Waals surface area contributed by atoms with Crippen LogP contribution in [0.25, 0.3) is 0 Å². The van der Waals surface area contributed by atoms with Gasteiger partial charge in [-0.05, 0) is 62.6 Å². The molecular weight excluding hydrogens is 292 g/mol. The van der Waals surface area contributed by atoms with Crippen molar-refractivity contribution in [3.63, 3.8) is 0 Å². The molecule has 0 amide bonds. The molecule has 0 bridgehead atoms. The average molecular weight is 325 g/mol. The molecule has 0 aromatic rings. The van der Waals surface area contributed by atoms with Gasteiger partial charge in [-0.1, -0.05) is 6.42 Å². The Labute approximate surface area is 140 Å². The normalized spacial score (nSPS) is 29.0. The minimum Gasteiger partial charge on any atom is -0.356 e. The van der Waals surface area contributed by atoms with Crippen molar-refractivity contribution in [1.29, 1.82) is 0 Å². The van der Waals surface area contributed by atoms with E-state index in [1.807, 2.05) is 7.05 Å². The lowest BCUT2D eigenvalue weighted by Gasteiger charge is -2.32. The van der Waals surface area contributed by atoms with Crippen LogP contribution in [0, 0.1) is 5.92 Å².